The molecule has 3 heteroatoms. The first-order valence-corrected chi connectivity index (χ1v) is 5.35. The van der Waals surface area contributed by atoms with Crippen LogP contribution < -0.4 is 5.73 Å². The van der Waals surface area contributed by atoms with Gasteiger partial charge >= 0.3 is 0 Å². The van der Waals surface area contributed by atoms with E-state index >= 15 is 0 Å². The summed E-state index contributed by atoms with van der Waals surface area (Å²) >= 11 is 4.64. The number of halogens is 1. The second kappa shape index (κ2) is 7.60. The number of alkyl halides is 1. The minimum Gasteiger partial charge on any atom is -0.327 e. The molecule has 0 aromatic heterocycles. The number of nitrogens with two attached hydrogens (primary N) is 1. The Labute approximate surface area is 88.4 Å². The second-order valence-electron chi connectivity index (χ2n) is 4.79. The monoisotopic (exact) mass is 208 g/mol. The van der Waals surface area contributed by atoms with E-state index in [-0.39, 0.29) is 0 Å². The van der Waals surface area contributed by atoms with Crippen LogP contribution in [0.5, 0.6) is 0 Å². The van der Waals surface area contributed by atoms with Crippen LogP contribution in [0.15, 0.2) is 0 Å². The largest absolute Gasteiger partial charge is 0.327 e. The molecule has 0 unspecified atom stereocenters. The van der Waals surface area contributed by atoms with Crippen LogP contribution in [-0.2, 0) is 0 Å². The molecule has 0 rings (SSSR count). The molecule has 0 radical (unpaired) electrons. The molecular formula is C10H25ClN2. The van der Waals surface area contributed by atoms with Crippen LogP contribution in [0.1, 0.15) is 27.2 Å². The van der Waals surface area contributed by atoms with Gasteiger partial charge in [-0.15, -0.1) is 11.6 Å². The van der Waals surface area contributed by atoms with Crippen LogP contribution in [0.4, 0.5) is 0 Å². The Kier molecular flexibility index (Phi) is 9.16. The average molecular weight is 209 g/mol. The second-order valence-corrected chi connectivity index (χ2v) is 4.79. The SMILES string of the molecule is CCl.CN(C)C[C@@H](N)CC(C)(C)C. The number of hydrogen-bond donors (Lipinski definition) is 1. The van der Waals surface area contributed by atoms with E-state index in [1.807, 2.05) is 0 Å². The molecule has 2 nitrogen and oxygen atoms in total. The minimum absolute atomic E-state index is 0.310. The lowest BCUT2D eigenvalue weighted by atomic mass is 9.88. The summed E-state index contributed by atoms with van der Waals surface area (Å²) < 4.78 is 0. The molecular weight excluding hydrogens is 184 g/mol. The van der Waals surface area contributed by atoms with Gasteiger partial charge < -0.3 is 10.6 Å². The van der Waals surface area contributed by atoms with Gasteiger partial charge in [-0.25, -0.2) is 0 Å². The highest BCUT2D eigenvalue weighted by atomic mass is 35.5. The number of hydrogen-bond acceptors (Lipinski definition) is 2. The summed E-state index contributed by atoms with van der Waals surface area (Å²) in [4.78, 5) is 2.14. The molecule has 0 aromatic carbocycles. The van der Waals surface area contributed by atoms with E-state index in [2.05, 4.69) is 51.4 Å². The molecule has 1 atom stereocenters. The van der Waals surface area contributed by atoms with Gasteiger partial charge in [0.1, 0.15) is 0 Å². The molecule has 0 saturated heterocycles. The molecule has 82 valence electrons. The van der Waals surface area contributed by atoms with Gasteiger partial charge in [0, 0.05) is 19.0 Å². The van der Waals surface area contributed by atoms with Crippen molar-refractivity contribution in [2.24, 2.45) is 11.1 Å². The van der Waals surface area contributed by atoms with E-state index in [0.717, 1.165) is 13.0 Å². The summed E-state index contributed by atoms with van der Waals surface area (Å²) in [6.07, 6.45) is 2.56. The molecule has 0 fully saturated rings. The Morgan fingerprint density at radius 3 is 1.85 bits per heavy atom. The van der Waals surface area contributed by atoms with Gasteiger partial charge in [0.25, 0.3) is 0 Å². The highest BCUT2D eigenvalue weighted by Crippen LogP contribution is 2.19. The molecule has 13 heavy (non-hydrogen) atoms. The van der Waals surface area contributed by atoms with Gasteiger partial charge in [-0.05, 0) is 25.9 Å². The predicted molar refractivity (Wildman–Crippen MR) is 62.4 cm³/mol. The molecule has 0 aliphatic carbocycles. The summed E-state index contributed by atoms with van der Waals surface area (Å²) in [5.74, 6) is 0. The van der Waals surface area contributed by atoms with Crippen molar-refractivity contribution in [3.05, 3.63) is 0 Å². The lowest BCUT2D eigenvalue weighted by Crippen LogP contribution is -2.36. The van der Waals surface area contributed by atoms with Crippen molar-refractivity contribution < 1.29 is 0 Å². The number of nitrogens with zero attached hydrogens (tertiary/aromatic N) is 1. The highest BCUT2D eigenvalue weighted by Gasteiger charge is 2.15. The lowest BCUT2D eigenvalue weighted by molar-refractivity contribution is 0.288. The molecule has 0 aliphatic rings. The smallest absolute Gasteiger partial charge is 0.0172 e. The van der Waals surface area contributed by atoms with Crippen molar-refractivity contribution in [1.82, 2.24) is 4.90 Å². The molecule has 0 heterocycles. The fourth-order valence-electron chi connectivity index (χ4n) is 1.32. The van der Waals surface area contributed by atoms with Crippen molar-refractivity contribution in [2.45, 2.75) is 33.2 Å². The highest BCUT2D eigenvalue weighted by molar-refractivity contribution is 6.15. The maximum Gasteiger partial charge on any atom is 0.0172 e. The summed E-state index contributed by atoms with van der Waals surface area (Å²) in [5, 5.41) is 0. The first-order valence-electron chi connectivity index (χ1n) is 4.59. The van der Waals surface area contributed by atoms with Crippen LogP contribution in [0, 0.1) is 5.41 Å². The van der Waals surface area contributed by atoms with Crippen LogP contribution in [0.25, 0.3) is 0 Å². The summed E-state index contributed by atoms with van der Waals surface area (Å²) in [6, 6.07) is 0.310. The fourth-order valence-corrected chi connectivity index (χ4v) is 1.32. The number of likely N-dealkylation sites (N-methyl/N-ethyl adjacent to an activating group) is 1. The molecule has 2 N–H and O–H groups in total. The van der Waals surface area contributed by atoms with E-state index in [1.54, 1.807) is 0 Å². The van der Waals surface area contributed by atoms with E-state index < -0.39 is 0 Å². The molecule has 0 spiro atoms. The lowest BCUT2D eigenvalue weighted by Gasteiger charge is -2.25. The summed E-state index contributed by atoms with van der Waals surface area (Å²) in [6.45, 7) is 7.66. The summed E-state index contributed by atoms with van der Waals surface area (Å²) in [7, 11) is 4.12. The first-order chi connectivity index (χ1) is 5.81. The van der Waals surface area contributed by atoms with Gasteiger partial charge in [-0.2, -0.15) is 0 Å². The van der Waals surface area contributed by atoms with Gasteiger partial charge in [0.15, 0.2) is 0 Å². The molecule has 0 aliphatic heterocycles. The molecule has 0 aromatic rings. The average Bonchev–Trinajstić information content (AvgIpc) is 1.85. The van der Waals surface area contributed by atoms with Crippen LogP contribution >= 0.6 is 11.6 Å². The number of rotatable bonds is 3. The van der Waals surface area contributed by atoms with Crippen molar-refractivity contribution in [1.29, 1.82) is 0 Å². The summed E-state index contributed by atoms with van der Waals surface area (Å²) in [5.41, 5.74) is 6.28. The third-order valence-corrected chi connectivity index (χ3v) is 1.47. The van der Waals surface area contributed by atoms with Gasteiger partial charge in [-0.3, -0.25) is 0 Å². The first kappa shape index (κ1) is 15.7. The Morgan fingerprint density at radius 2 is 1.62 bits per heavy atom. The van der Waals surface area contributed by atoms with Crippen LogP contribution in [-0.4, -0.2) is 38.0 Å². The van der Waals surface area contributed by atoms with Crippen molar-refractivity contribution in [3.63, 3.8) is 0 Å². The molecule has 0 amide bonds. The maximum absolute atomic E-state index is 5.92. The zero-order valence-corrected chi connectivity index (χ0v) is 10.7. The molecule has 0 saturated carbocycles. The standard InChI is InChI=1S/C9H22N2.CH3Cl/c1-9(2,3)6-8(10)7-11(4)5;1-2/h8H,6-7,10H2,1-5H3;1H3/t8-;/m0./s1. The third kappa shape index (κ3) is 15.0. The normalized spacial score (nSPS) is 13.6. The van der Waals surface area contributed by atoms with E-state index in [9.17, 15) is 0 Å². The quantitative estimate of drug-likeness (QED) is 0.721. The Bertz CT molecular complexity index is 108. The van der Waals surface area contributed by atoms with Crippen molar-refractivity contribution >= 4 is 11.6 Å². The van der Waals surface area contributed by atoms with Crippen molar-refractivity contribution in [3.8, 4) is 0 Å². The zero-order chi connectivity index (χ0) is 11.1. The predicted octanol–water partition coefficient (Wildman–Crippen LogP) is 2.17. The van der Waals surface area contributed by atoms with Crippen LogP contribution in [0.2, 0.25) is 0 Å². The fraction of sp³-hybridized carbons (Fsp3) is 1.00. The van der Waals surface area contributed by atoms with Gasteiger partial charge in [-0.1, -0.05) is 20.8 Å². The van der Waals surface area contributed by atoms with Crippen molar-refractivity contribution in [2.75, 3.05) is 27.0 Å². The topological polar surface area (TPSA) is 29.3 Å². The van der Waals surface area contributed by atoms with Crippen LogP contribution in [0.3, 0.4) is 0 Å². The van der Waals surface area contributed by atoms with Gasteiger partial charge in [0.05, 0.1) is 0 Å². The maximum atomic E-state index is 5.92. The Balaban J connectivity index is 0. The minimum atomic E-state index is 0.310. The zero-order valence-electron chi connectivity index (χ0n) is 9.89. The van der Waals surface area contributed by atoms with E-state index in [1.165, 1.54) is 6.38 Å². The Hall–Kier alpha value is 0.210. The van der Waals surface area contributed by atoms with E-state index in [4.69, 9.17) is 5.73 Å². The molecule has 0 bridgehead atoms. The van der Waals surface area contributed by atoms with Gasteiger partial charge in [0.2, 0.25) is 0 Å². The Morgan fingerprint density at radius 1 is 1.23 bits per heavy atom. The third-order valence-electron chi connectivity index (χ3n) is 1.47. The van der Waals surface area contributed by atoms with E-state index in [0.29, 0.717) is 11.5 Å².